The molecule has 0 amide bonds. The fourth-order valence-corrected chi connectivity index (χ4v) is 2.96. The topological polar surface area (TPSA) is 58.4 Å². The Labute approximate surface area is 124 Å². The lowest BCUT2D eigenvalue weighted by molar-refractivity contribution is -0.384. The Balaban J connectivity index is 1.98. The van der Waals surface area contributed by atoms with Crippen molar-refractivity contribution in [2.45, 2.75) is 20.3 Å². The standard InChI is InChI=1S/C14H19N3O2S/c1-10-7-11(2)9-16(8-10)14(20)15-12-3-5-13(6-4-12)17(18)19/h3-6,10-11H,7-9H2,1-2H3,(H,15,20). The number of anilines is 1. The number of hydrogen-bond donors (Lipinski definition) is 1. The van der Waals surface area contributed by atoms with E-state index in [4.69, 9.17) is 12.2 Å². The van der Waals surface area contributed by atoms with Crippen LogP contribution in [0.5, 0.6) is 0 Å². The average molecular weight is 293 g/mol. The quantitative estimate of drug-likeness (QED) is 0.515. The fraction of sp³-hybridized carbons (Fsp3) is 0.500. The van der Waals surface area contributed by atoms with Gasteiger partial charge in [0.2, 0.25) is 0 Å². The highest BCUT2D eigenvalue weighted by molar-refractivity contribution is 7.80. The Morgan fingerprint density at radius 3 is 2.35 bits per heavy atom. The van der Waals surface area contributed by atoms with Crippen LogP contribution in [-0.2, 0) is 0 Å². The normalized spacial score (nSPS) is 22.4. The van der Waals surface area contributed by atoms with Crippen LogP contribution in [0.15, 0.2) is 24.3 Å². The van der Waals surface area contributed by atoms with E-state index in [1.807, 2.05) is 0 Å². The summed E-state index contributed by atoms with van der Waals surface area (Å²) in [5.74, 6) is 1.27. The van der Waals surface area contributed by atoms with Gasteiger partial charge in [0, 0.05) is 30.9 Å². The second-order valence-corrected chi connectivity index (χ2v) is 5.97. The molecule has 2 rings (SSSR count). The summed E-state index contributed by atoms with van der Waals surface area (Å²) in [5, 5.41) is 14.5. The lowest BCUT2D eigenvalue weighted by Crippen LogP contribution is -2.44. The zero-order chi connectivity index (χ0) is 14.7. The lowest BCUT2D eigenvalue weighted by atomic mass is 9.92. The van der Waals surface area contributed by atoms with Gasteiger partial charge < -0.3 is 10.2 Å². The van der Waals surface area contributed by atoms with Gasteiger partial charge >= 0.3 is 0 Å². The van der Waals surface area contributed by atoms with Crippen molar-refractivity contribution in [3.8, 4) is 0 Å². The molecule has 1 N–H and O–H groups in total. The molecule has 1 fully saturated rings. The third-order valence-corrected chi connectivity index (χ3v) is 3.85. The maximum atomic E-state index is 10.6. The molecule has 1 aromatic rings. The summed E-state index contributed by atoms with van der Waals surface area (Å²) in [6.45, 7) is 6.39. The third kappa shape index (κ3) is 3.66. The van der Waals surface area contributed by atoms with Crippen LogP contribution < -0.4 is 5.32 Å². The Hall–Kier alpha value is -1.69. The molecule has 6 heteroatoms. The van der Waals surface area contributed by atoms with Crippen LogP contribution in [0, 0.1) is 22.0 Å². The molecule has 108 valence electrons. The van der Waals surface area contributed by atoms with Crippen LogP contribution in [0.4, 0.5) is 11.4 Å². The van der Waals surface area contributed by atoms with Crippen molar-refractivity contribution in [2.75, 3.05) is 18.4 Å². The summed E-state index contributed by atoms with van der Waals surface area (Å²) < 4.78 is 0. The van der Waals surface area contributed by atoms with Crippen LogP contribution in [0.25, 0.3) is 0 Å². The number of non-ortho nitro benzene ring substituents is 1. The second-order valence-electron chi connectivity index (χ2n) is 5.59. The number of benzene rings is 1. The van der Waals surface area contributed by atoms with Gasteiger partial charge in [-0.15, -0.1) is 0 Å². The van der Waals surface area contributed by atoms with Crippen molar-refractivity contribution in [1.29, 1.82) is 0 Å². The number of nitrogens with one attached hydrogen (secondary N) is 1. The van der Waals surface area contributed by atoms with E-state index in [1.54, 1.807) is 12.1 Å². The van der Waals surface area contributed by atoms with Gasteiger partial charge in [-0.05, 0) is 42.6 Å². The molecule has 0 radical (unpaired) electrons. The minimum absolute atomic E-state index is 0.0849. The first-order valence-electron chi connectivity index (χ1n) is 6.76. The molecule has 2 unspecified atom stereocenters. The molecule has 1 aliphatic heterocycles. The van der Waals surface area contributed by atoms with Crippen molar-refractivity contribution < 1.29 is 4.92 Å². The van der Waals surface area contributed by atoms with Crippen molar-refractivity contribution in [3.05, 3.63) is 34.4 Å². The molecule has 20 heavy (non-hydrogen) atoms. The predicted octanol–water partition coefficient (Wildman–Crippen LogP) is 3.27. The molecular weight excluding hydrogens is 274 g/mol. The van der Waals surface area contributed by atoms with Gasteiger partial charge in [0.05, 0.1) is 4.92 Å². The smallest absolute Gasteiger partial charge is 0.269 e. The lowest BCUT2D eigenvalue weighted by Gasteiger charge is -2.36. The summed E-state index contributed by atoms with van der Waals surface area (Å²) in [6, 6.07) is 6.32. The largest absolute Gasteiger partial charge is 0.348 e. The van der Waals surface area contributed by atoms with Crippen molar-refractivity contribution in [3.63, 3.8) is 0 Å². The highest BCUT2D eigenvalue weighted by atomic mass is 32.1. The summed E-state index contributed by atoms with van der Waals surface area (Å²) >= 11 is 5.43. The molecular formula is C14H19N3O2S. The van der Waals surface area contributed by atoms with Crippen LogP contribution in [-0.4, -0.2) is 28.0 Å². The maximum absolute atomic E-state index is 10.6. The number of piperidine rings is 1. The third-order valence-electron chi connectivity index (χ3n) is 3.49. The highest BCUT2D eigenvalue weighted by Crippen LogP contribution is 2.22. The zero-order valence-corrected chi connectivity index (χ0v) is 12.5. The molecule has 1 aliphatic rings. The van der Waals surface area contributed by atoms with E-state index >= 15 is 0 Å². The highest BCUT2D eigenvalue weighted by Gasteiger charge is 2.23. The van der Waals surface area contributed by atoms with Gasteiger partial charge in [-0.25, -0.2) is 0 Å². The van der Waals surface area contributed by atoms with Gasteiger partial charge in [0.15, 0.2) is 5.11 Å². The van der Waals surface area contributed by atoms with Gasteiger partial charge in [0.25, 0.3) is 5.69 Å². The Kier molecular flexibility index (Phi) is 4.54. The van der Waals surface area contributed by atoms with Crippen LogP contribution in [0.3, 0.4) is 0 Å². The number of thiocarbonyl (C=S) groups is 1. The molecule has 1 saturated heterocycles. The second kappa shape index (κ2) is 6.17. The molecule has 1 heterocycles. The first-order valence-corrected chi connectivity index (χ1v) is 7.17. The van der Waals surface area contributed by atoms with Crippen LogP contribution in [0.2, 0.25) is 0 Å². The molecule has 0 saturated carbocycles. The van der Waals surface area contributed by atoms with E-state index in [2.05, 4.69) is 24.1 Å². The molecule has 0 aliphatic carbocycles. The van der Waals surface area contributed by atoms with Crippen molar-refractivity contribution in [1.82, 2.24) is 4.90 Å². The summed E-state index contributed by atoms with van der Waals surface area (Å²) in [4.78, 5) is 12.4. The van der Waals surface area contributed by atoms with Gasteiger partial charge in [-0.3, -0.25) is 10.1 Å². The van der Waals surface area contributed by atoms with E-state index in [-0.39, 0.29) is 5.69 Å². The van der Waals surface area contributed by atoms with Crippen molar-refractivity contribution >= 4 is 28.7 Å². The first-order chi connectivity index (χ1) is 9.45. The van der Waals surface area contributed by atoms with Crippen molar-refractivity contribution in [2.24, 2.45) is 11.8 Å². The Bertz CT molecular complexity index is 494. The first kappa shape index (κ1) is 14.7. The number of nitrogens with zero attached hydrogens (tertiary/aromatic N) is 2. The maximum Gasteiger partial charge on any atom is 0.269 e. The average Bonchev–Trinajstić information content (AvgIpc) is 2.38. The van der Waals surface area contributed by atoms with Gasteiger partial charge in [0.1, 0.15) is 0 Å². The van der Waals surface area contributed by atoms with Gasteiger partial charge in [-0.1, -0.05) is 13.8 Å². The molecule has 0 bridgehead atoms. The van der Waals surface area contributed by atoms with E-state index in [9.17, 15) is 10.1 Å². The number of likely N-dealkylation sites (tertiary alicyclic amines) is 1. The molecule has 1 aromatic carbocycles. The summed E-state index contributed by atoms with van der Waals surface area (Å²) in [6.07, 6.45) is 1.23. The summed E-state index contributed by atoms with van der Waals surface area (Å²) in [7, 11) is 0. The van der Waals surface area contributed by atoms with Crippen LogP contribution >= 0.6 is 12.2 Å². The zero-order valence-electron chi connectivity index (χ0n) is 11.7. The number of rotatable bonds is 2. The van der Waals surface area contributed by atoms with E-state index in [0.717, 1.165) is 18.8 Å². The molecule has 5 nitrogen and oxygen atoms in total. The monoisotopic (exact) mass is 293 g/mol. The SMILES string of the molecule is CC1CC(C)CN(C(=S)Nc2ccc([N+](=O)[O-])cc2)C1. The molecule has 0 spiro atoms. The number of nitro groups is 1. The molecule has 0 aromatic heterocycles. The number of nitro benzene ring substituents is 1. The summed E-state index contributed by atoms with van der Waals surface area (Å²) in [5.41, 5.74) is 0.869. The minimum Gasteiger partial charge on any atom is -0.348 e. The Morgan fingerprint density at radius 1 is 1.30 bits per heavy atom. The Morgan fingerprint density at radius 2 is 1.85 bits per heavy atom. The minimum atomic E-state index is -0.407. The predicted molar refractivity (Wildman–Crippen MR) is 83.8 cm³/mol. The van der Waals surface area contributed by atoms with E-state index in [0.29, 0.717) is 16.9 Å². The number of hydrogen-bond acceptors (Lipinski definition) is 3. The van der Waals surface area contributed by atoms with E-state index in [1.165, 1.54) is 18.6 Å². The van der Waals surface area contributed by atoms with Crippen LogP contribution in [0.1, 0.15) is 20.3 Å². The molecule has 2 atom stereocenters. The van der Waals surface area contributed by atoms with Gasteiger partial charge in [-0.2, -0.15) is 0 Å². The van der Waals surface area contributed by atoms with E-state index < -0.39 is 4.92 Å². The fourth-order valence-electron chi connectivity index (χ4n) is 2.70.